The van der Waals surface area contributed by atoms with Crippen LogP contribution in [0.2, 0.25) is 0 Å². The zero-order valence-electron chi connectivity index (χ0n) is 6.74. The van der Waals surface area contributed by atoms with Crippen LogP contribution < -0.4 is 0 Å². The number of ketones is 1. The van der Waals surface area contributed by atoms with Crippen molar-refractivity contribution < 1.29 is 17.4 Å². The molecular weight excluding hydrogens is 180 g/mol. The molecule has 0 radical (unpaired) electrons. The van der Waals surface area contributed by atoms with Crippen LogP contribution in [0.3, 0.4) is 0 Å². The van der Waals surface area contributed by atoms with Gasteiger partial charge in [0.25, 0.3) is 10.1 Å². The van der Waals surface area contributed by atoms with Gasteiger partial charge in [-0.15, -0.1) is 6.42 Å². The molecule has 0 heterocycles. The molecule has 5 heteroatoms. The molecule has 0 aliphatic heterocycles. The van der Waals surface area contributed by atoms with Crippen molar-refractivity contribution in [3.63, 3.8) is 0 Å². The Kier molecular flexibility index (Phi) is 4.55. The van der Waals surface area contributed by atoms with E-state index in [0.717, 1.165) is 0 Å². The molecular formula is C7H10O4S. The van der Waals surface area contributed by atoms with E-state index in [1.807, 2.05) is 5.92 Å². The number of Topliss-reactive ketones (excluding diaryl/α,β-unsaturated/α-hetero) is 1. The van der Waals surface area contributed by atoms with Gasteiger partial charge in [0.05, 0.1) is 5.75 Å². The summed E-state index contributed by atoms with van der Waals surface area (Å²) in [6.07, 6.45) is 4.75. The maximum atomic E-state index is 10.8. The van der Waals surface area contributed by atoms with Gasteiger partial charge < -0.3 is 0 Å². The molecule has 0 aromatic heterocycles. The minimum absolute atomic E-state index is 0.0348. The summed E-state index contributed by atoms with van der Waals surface area (Å²) in [4.78, 5) is 10.4. The molecule has 0 aliphatic rings. The Hall–Kier alpha value is -0.860. The van der Waals surface area contributed by atoms with Crippen molar-refractivity contribution in [2.24, 2.45) is 0 Å². The normalized spacial score (nSPS) is 10.7. The average molecular weight is 190 g/mol. The molecule has 0 rings (SSSR count). The number of rotatable bonds is 5. The van der Waals surface area contributed by atoms with E-state index >= 15 is 0 Å². The zero-order chi connectivity index (χ0) is 9.61. The monoisotopic (exact) mass is 190 g/mol. The van der Waals surface area contributed by atoms with Gasteiger partial charge >= 0.3 is 0 Å². The summed E-state index contributed by atoms with van der Waals surface area (Å²) in [5, 5.41) is 0. The Labute approximate surface area is 72.0 Å². The molecule has 0 spiro atoms. The fraction of sp³-hybridized carbons (Fsp3) is 0.571. The van der Waals surface area contributed by atoms with Crippen LogP contribution in [0.5, 0.6) is 0 Å². The summed E-state index contributed by atoms with van der Waals surface area (Å²) in [5.41, 5.74) is 0. The lowest BCUT2D eigenvalue weighted by Gasteiger charge is -1.99. The quantitative estimate of drug-likeness (QED) is 0.450. The highest BCUT2D eigenvalue weighted by atomic mass is 32.2. The van der Waals surface area contributed by atoms with Gasteiger partial charge in [-0.1, -0.05) is 5.92 Å². The lowest BCUT2D eigenvalue weighted by Crippen LogP contribution is -2.13. The van der Waals surface area contributed by atoms with E-state index in [4.69, 9.17) is 6.42 Å². The highest BCUT2D eigenvalue weighted by Crippen LogP contribution is 1.96. The number of terminal acetylenes is 1. The molecule has 0 amide bonds. The lowest BCUT2D eigenvalue weighted by atomic mass is 10.4. The van der Waals surface area contributed by atoms with Crippen molar-refractivity contribution in [2.75, 3.05) is 12.4 Å². The topological polar surface area (TPSA) is 60.4 Å². The van der Waals surface area contributed by atoms with Crippen molar-refractivity contribution in [3.05, 3.63) is 0 Å². The van der Waals surface area contributed by atoms with Crippen molar-refractivity contribution in [1.29, 1.82) is 0 Å². The molecule has 12 heavy (non-hydrogen) atoms. The smallest absolute Gasteiger partial charge is 0.268 e. The third kappa shape index (κ3) is 5.89. The number of hydrogen-bond donors (Lipinski definition) is 0. The van der Waals surface area contributed by atoms with Crippen LogP contribution in [0.15, 0.2) is 0 Å². The second-order valence-electron chi connectivity index (χ2n) is 2.18. The third-order valence-electron chi connectivity index (χ3n) is 1.03. The summed E-state index contributed by atoms with van der Waals surface area (Å²) in [6, 6.07) is 0. The van der Waals surface area contributed by atoms with E-state index in [0.29, 0.717) is 0 Å². The van der Waals surface area contributed by atoms with Crippen LogP contribution in [0.1, 0.15) is 13.3 Å². The Morgan fingerprint density at radius 3 is 2.58 bits per heavy atom. The Balaban J connectivity index is 3.91. The first-order chi connectivity index (χ1) is 5.48. The highest BCUT2D eigenvalue weighted by molar-refractivity contribution is 7.86. The van der Waals surface area contributed by atoms with Crippen LogP contribution in [-0.2, 0) is 19.1 Å². The van der Waals surface area contributed by atoms with Gasteiger partial charge in [0.1, 0.15) is 12.4 Å². The van der Waals surface area contributed by atoms with Crippen molar-refractivity contribution in [1.82, 2.24) is 0 Å². The Morgan fingerprint density at radius 2 is 2.17 bits per heavy atom. The van der Waals surface area contributed by atoms with Gasteiger partial charge in [-0.3, -0.25) is 8.98 Å². The van der Waals surface area contributed by atoms with Crippen LogP contribution in [0.4, 0.5) is 0 Å². The molecule has 0 aromatic rings. The first-order valence-corrected chi connectivity index (χ1v) is 4.85. The van der Waals surface area contributed by atoms with E-state index < -0.39 is 10.1 Å². The SMILES string of the molecule is C#CCOS(=O)(=O)CCC(C)=O. The molecule has 0 aliphatic carbocycles. The molecule has 0 N–H and O–H groups in total. The standard InChI is InChI=1S/C7H10O4S/c1-3-5-11-12(9,10)6-4-7(2)8/h1H,4-6H2,2H3. The number of hydrogen-bond acceptors (Lipinski definition) is 4. The molecule has 68 valence electrons. The molecule has 0 fully saturated rings. The molecule has 0 saturated carbocycles. The summed E-state index contributed by atoms with van der Waals surface area (Å²) in [5.74, 6) is 1.53. The third-order valence-corrected chi connectivity index (χ3v) is 2.21. The number of carbonyl (C=O) groups excluding carboxylic acids is 1. The van der Waals surface area contributed by atoms with Gasteiger partial charge in [0, 0.05) is 6.42 Å². The van der Waals surface area contributed by atoms with Crippen LogP contribution in [-0.4, -0.2) is 26.6 Å². The van der Waals surface area contributed by atoms with Crippen molar-refractivity contribution in [2.45, 2.75) is 13.3 Å². The van der Waals surface area contributed by atoms with E-state index in [-0.39, 0.29) is 24.6 Å². The summed E-state index contributed by atoms with van der Waals surface area (Å²) in [6.45, 7) is 1.04. The zero-order valence-corrected chi connectivity index (χ0v) is 7.56. The summed E-state index contributed by atoms with van der Waals surface area (Å²) in [7, 11) is -3.60. The molecule has 0 saturated heterocycles. The summed E-state index contributed by atoms with van der Waals surface area (Å²) < 4.78 is 26.0. The first kappa shape index (κ1) is 11.1. The highest BCUT2D eigenvalue weighted by Gasteiger charge is 2.11. The predicted molar refractivity (Wildman–Crippen MR) is 43.9 cm³/mol. The Bertz CT molecular complexity index is 283. The molecule has 0 atom stereocenters. The average Bonchev–Trinajstić information content (AvgIpc) is 1.98. The second kappa shape index (κ2) is 4.91. The van der Waals surface area contributed by atoms with Crippen molar-refractivity contribution >= 4 is 15.9 Å². The first-order valence-electron chi connectivity index (χ1n) is 3.28. The second-order valence-corrected chi connectivity index (χ2v) is 3.94. The van der Waals surface area contributed by atoms with E-state index in [9.17, 15) is 13.2 Å². The maximum absolute atomic E-state index is 10.8. The fourth-order valence-corrected chi connectivity index (χ4v) is 1.35. The van der Waals surface area contributed by atoms with Crippen molar-refractivity contribution in [3.8, 4) is 12.3 Å². The van der Waals surface area contributed by atoms with E-state index in [1.54, 1.807) is 0 Å². The van der Waals surface area contributed by atoms with Gasteiger partial charge in [-0.05, 0) is 6.92 Å². The fourth-order valence-electron chi connectivity index (χ4n) is 0.451. The van der Waals surface area contributed by atoms with Crippen LogP contribution in [0, 0.1) is 12.3 Å². The summed E-state index contributed by atoms with van der Waals surface area (Å²) >= 11 is 0. The molecule has 4 nitrogen and oxygen atoms in total. The largest absolute Gasteiger partial charge is 0.300 e. The molecule has 0 aromatic carbocycles. The van der Waals surface area contributed by atoms with Gasteiger partial charge in [0.15, 0.2) is 0 Å². The van der Waals surface area contributed by atoms with E-state index in [1.165, 1.54) is 6.92 Å². The molecule has 0 unspecified atom stereocenters. The molecule has 0 bridgehead atoms. The predicted octanol–water partition coefficient (Wildman–Crippen LogP) is -0.0549. The number of carbonyl (C=O) groups is 1. The van der Waals surface area contributed by atoms with Gasteiger partial charge in [-0.25, -0.2) is 0 Å². The van der Waals surface area contributed by atoms with Gasteiger partial charge in [0.2, 0.25) is 0 Å². The van der Waals surface area contributed by atoms with Gasteiger partial charge in [-0.2, -0.15) is 8.42 Å². The lowest BCUT2D eigenvalue weighted by molar-refractivity contribution is -0.116. The minimum atomic E-state index is -3.60. The van der Waals surface area contributed by atoms with E-state index in [2.05, 4.69) is 4.18 Å². The van der Waals surface area contributed by atoms with Crippen LogP contribution >= 0.6 is 0 Å². The minimum Gasteiger partial charge on any atom is -0.300 e. The Morgan fingerprint density at radius 1 is 1.58 bits per heavy atom. The maximum Gasteiger partial charge on any atom is 0.268 e. The van der Waals surface area contributed by atoms with Crippen LogP contribution in [0.25, 0.3) is 0 Å².